The van der Waals surface area contributed by atoms with E-state index in [-0.39, 0.29) is 11.9 Å². The lowest BCUT2D eigenvalue weighted by Gasteiger charge is -2.39. The number of rotatable bonds is 5. The maximum atomic E-state index is 12.9. The van der Waals surface area contributed by atoms with Crippen molar-refractivity contribution in [1.29, 1.82) is 0 Å². The molecule has 1 atom stereocenters. The van der Waals surface area contributed by atoms with Crippen molar-refractivity contribution >= 4 is 33.6 Å². The van der Waals surface area contributed by atoms with Gasteiger partial charge in [-0.1, -0.05) is 24.3 Å². The number of benzene rings is 2. The summed E-state index contributed by atoms with van der Waals surface area (Å²) in [5.74, 6) is 0.717. The largest absolute Gasteiger partial charge is 0.497 e. The summed E-state index contributed by atoms with van der Waals surface area (Å²) >= 11 is 3.44. The van der Waals surface area contributed by atoms with E-state index >= 15 is 0 Å². The third-order valence-electron chi connectivity index (χ3n) is 5.23. The maximum Gasteiger partial charge on any atom is 0.321 e. The summed E-state index contributed by atoms with van der Waals surface area (Å²) in [5.41, 5.74) is 1.07. The molecule has 6 nitrogen and oxygen atoms in total. The molecule has 0 aliphatic carbocycles. The molecular formula is C22H26BrN3O3. The summed E-state index contributed by atoms with van der Waals surface area (Å²) in [4.78, 5) is 27.4. The quantitative estimate of drug-likeness (QED) is 0.695. The molecule has 0 unspecified atom stereocenters. The zero-order valence-electron chi connectivity index (χ0n) is 16.7. The minimum atomic E-state index is -0.623. The number of nitrogens with zero attached hydrogens (tertiary/aromatic N) is 1. The monoisotopic (exact) mass is 459 g/mol. The third kappa shape index (κ3) is 5.29. The summed E-state index contributed by atoms with van der Waals surface area (Å²) in [6.07, 6.45) is 1.53. The number of carbonyl (C=O) groups excluding carboxylic acids is 2. The molecule has 2 aromatic rings. The van der Waals surface area contributed by atoms with Crippen LogP contribution in [0.25, 0.3) is 0 Å². The fraction of sp³-hybridized carbons (Fsp3) is 0.364. The van der Waals surface area contributed by atoms with Crippen LogP contribution in [0.4, 0.5) is 10.5 Å². The van der Waals surface area contributed by atoms with E-state index in [0.717, 1.165) is 28.6 Å². The van der Waals surface area contributed by atoms with E-state index in [9.17, 15) is 9.59 Å². The Morgan fingerprint density at radius 2 is 2.00 bits per heavy atom. The van der Waals surface area contributed by atoms with Crippen LogP contribution in [-0.4, -0.2) is 37.0 Å². The Balaban J connectivity index is 1.60. The minimum Gasteiger partial charge on any atom is -0.497 e. The number of para-hydroxylation sites is 1. The zero-order chi connectivity index (χ0) is 20.9. The Bertz CT molecular complexity index is 889. The van der Waals surface area contributed by atoms with Crippen LogP contribution in [-0.2, 0) is 11.3 Å². The van der Waals surface area contributed by atoms with E-state index in [1.165, 1.54) is 0 Å². The number of anilines is 1. The zero-order valence-corrected chi connectivity index (χ0v) is 18.3. The van der Waals surface area contributed by atoms with Gasteiger partial charge in [0.15, 0.2) is 0 Å². The summed E-state index contributed by atoms with van der Waals surface area (Å²) in [5, 5.41) is 5.94. The maximum absolute atomic E-state index is 12.9. The number of piperidine rings is 1. The lowest BCUT2D eigenvalue weighted by atomic mass is 9.81. The van der Waals surface area contributed by atoms with Gasteiger partial charge in [0.1, 0.15) is 5.75 Å². The SMILES string of the molecule is COc1cccc(CNC(=O)[C@@]2(C)CCCN(C(=O)Nc3ccccc3Br)C2)c1. The molecule has 7 heteroatoms. The van der Waals surface area contributed by atoms with Gasteiger partial charge in [-0.15, -0.1) is 0 Å². The number of likely N-dealkylation sites (tertiary alicyclic amines) is 1. The van der Waals surface area contributed by atoms with Crippen molar-refractivity contribution in [2.24, 2.45) is 5.41 Å². The Labute approximate surface area is 179 Å². The molecule has 0 saturated carbocycles. The fourth-order valence-electron chi connectivity index (χ4n) is 3.53. The fourth-order valence-corrected chi connectivity index (χ4v) is 3.92. The van der Waals surface area contributed by atoms with E-state index in [0.29, 0.717) is 25.3 Å². The van der Waals surface area contributed by atoms with Crippen molar-refractivity contribution in [3.05, 3.63) is 58.6 Å². The lowest BCUT2D eigenvalue weighted by Crippen LogP contribution is -2.52. The molecule has 3 amide bonds. The van der Waals surface area contributed by atoms with Crippen LogP contribution in [0.1, 0.15) is 25.3 Å². The molecule has 1 aliphatic rings. The predicted octanol–water partition coefficient (Wildman–Crippen LogP) is 4.41. The summed E-state index contributed by atoms with van der Waals surface area (Å²) in [6, 6.07) is 14.9. The predicted molar refractivity (Wildman–Crippen MR) is 117 cm³/mol. The molecule has 2 aromatic carbocycles. The topological polar surface area (TPSA) is 70.7 Å². The number of urea groups is 1. The average molecular weight is 460 g/mol. The standard InChI is InChI=1S/C22H26BrN3O3/c1-22(20(27)24-14-16-7-5-8-17(13-16)29-2)11-6-12-26(15-22)21(28)25-19-10-4-3-9-18(19)23/h3-5,7-10,13H,6,11-12,14-15H2,1-2H3,(H,24,27)(H,25,28)/t22-/m0/s1. The van der Waals surface area contributed by atoms with Crippen LogP contribution in [0.5, 0.6) is 5.75 Å². The van der Waals surface area contributed by atoms with Crippen molar-refractivity contribution in [2.75, 3.05) is 25.5 Å². The van der Waals surface area contributed by atoms with E-state index < -0.39 is 5.41 Å². The number of amides is 3. The van der Waals surface area contributed by atoms with Gasteiger partial charge in [0.05, 0.1) is 18.2 Å². The molecule has 2 N–H and O–H groups in total. The second-order valence-electron chi connectivity index (χ2n) is 7.53. The first kappa shape index (κ1) is 21.2. The highest BCUT2D eigenvalue weighted by molar-refractivity contribution is 9.10. The molecule has 1 aliphatic heterocycles. The Morgan fingerprint density at radius 3 is 2.76 bits per heavy atom. The second-order valence-corrected chi connectivity index (χ2v) is 8.38. The van der Waals surface area contributed by atoms with Gasteiger partial charge in [0.25, 0.3) is 0 Å². The van der Waals surface area contributed by atoms with Crippen molar-refractivity contribution in [1.82, 2.24) is 10.2 Å². The van der Waals surface area contributed by atoms with Crippen LogP contribution in [0.3, 0.4) is 0 Å². The number of nitrogens with one attached hydrogen (secondary N) is 2. The molecule has 1 heterocycles. The van der Waals surface area contributed by atoms with Crippen LogP contribution in [0.15, 0.2) is 53.0 Å². The van der Waals surface area contributed by atoms with Crippen molar-refractivity contribution in [2.45, 2.75) is 26.3 Å². The first-order valence-electron chi connectivity index (χ1n) is 9.63. The summed E-state index contributed by atoms with van der Waals surface area (Å²) < 4.78 is 6.05. The Hall–Kier alpha value is -2.54. The highest BCUT2D eigenvalue weighted by Crippen LogP contribution is 2.31. The van der Waals surface area contributed by atoms with Gasteiger partial charge in [-0.3, -0.25) is 4.79 Å². The molecule has 1 fully saturated rings. The number of hydrogen-bond donors (Lipinski definition) is 2. The van der Waals surface area contributed by atoms with E-state index in [4.69, 9.17) is 4.74 Å². The van der Waals surface area contributed by atoms with Crippen LogP contribution >= 0.6 is 15.9 Å². The van der Waals surface area contributed by atoms with Gasteiger partial charge in [-0.05, 0) is 65.5 Å². The van der Waals surface area contributed by atoms with Gasteiger partial charge in [0, 0.05) is 24.1 Å². The molecule has 1 saturated heterocycles. The molecule has 0 radical (unpaired) electrons. The van der Waals surface area contributed by atoms with Gasteiger partial charge in [0.2, 0.25) is 5.91 Å². The van der Waals surface area contributed by atoms with Gasteiger partial charge < -0.3 is 20.3 Å². The smallest absolute Gasteiger partial charge is 0.321 e. The van der Waals surface area contributed by atoms with Crippen LogP contribution in [0.2, 0.25) is 0 Å². The summed E-state index contributed by atoms with van der Waals surface area (Å²) in [7, 11) is 1.62. The summed E-state index contributed by atoms with van der Waals surface area (Å²) in [6.45, 7) is 3.36. The van der Waals surface area contributed by atoms with Gasteiger partial charge in [-0.2, -0.15) is 0 Å². The minimum absolute atomic E-state index is 0.0429. The normalized spacial score (nSPS) is 18.8. The third-order valence-corrected chi connectivity index (χ3v) is 5.93. The highest BCUT2D eigenvalue weighted by atomic mass is 79.9. The van der Waals surface area contributed by atoms with Crippen LogP contribution in [0, 0.1) is 5.41 Å². The highest BCUT2D eigenvalue weighted by Gasteiger charge is 2.39. The molecule has 0 aromatic heterocycles. The molecule has 29 heavy (non-hydrogen) atoms. The molecule has 0 bridgehead atoms. The van der Waals surface area contributed by atoms with Crippen molar-refractivity contribution in [3.8, 4) is 5.75 Å². The van der Waals surface area contributed by atoms with Crippen molar-refractivity contribution < 1.29 is 14.3 Å². The molecular weight excluding hydrogens is 434 g/mol. The molecule has 154 valence electrons. The van der Waals surface area contributed by atoms with E-state index in [2.05, 4.69) is 26.6 Å². The van der Waals surface area contributed by atoms with Crippen molar-refractivity contribution in [3.63, 3.8) is 0 Å². The van der Waals surface area contributed by atoms with E-state index in [1.54, 1.807) is 12.0 Å². The molecule has 3 rings (SSSR count). The van der Waals surface area contributed by atoms with Crippen LogP contribution < -0.4 is 15.4 Å². The van der Waals surface area contributed by atoms with E-state index in [1.807, 2.05) is 55.5 Å². The number of ether oxygens (including phenoxy) is 1. The first-order chi connectivity index (χ1) is 13.9. The lowest BCUT2D eigenvalue weighted by molar-refractivity contribution is -0.132. The first-order valence-corrected chi connectivity index (χ1v) is 10.4. The number of methoxy groups -OCH3 is 1. The Kier molecular flexibility index (Phi) is 6.79. The Morgan fingerprint density at radius 1 is 1.21 bits per heavy atom. The molecule has 0 spiro atoms. The average Bonchev–Trinajstić information content (AvgIpc) is 2.73. The second kappa shape index (κ2) is 9.31. The number of halogens is 1. The van der Waals surface area contributed by atoms with Gasteiger partial charge in [-0.25, -0.2) is 4.79 Å². The van der Waals surface area contributed by atoms with Gasteiger partial charge >= 0.3 is 6.03 Å². The number of carbonyl (C=O) groups is 2. The number of hydrogen-bond acceptors (Lipinski definition) is 3.